The van der Waals surface area contributed by atoms with E-state index in [1.165, 1.54) is 0 Å². The summed E-state index contributed by atoms with van der Waals surface area (Å²) < 4.78 is 5.31. The van der Waals surface area contributed by atoms with E-state index < -0.39 is 5.41 Å². The molecular formula is C19H29N3O3. The van der Waals surface area contributed by atoms with Crippen LogP contribution in [0.2, 0.25) is 0 Å². The molecule has 6 heteroatoms. The van der Waals surface area contributed by atoms with Crippen molar-refractivity contribution in [1.82, 2.24) is 15.5 Å². The summed E-state index contributed by atoms with van der Waals surface area (Å²) in [6, 6.07) is 7.34. The molecule has 6 nitrogen and oxygen atoms in total. The lowest BCUT2D eigenvalue weighted by atomic mass is 9.95. The molecule has 0 aliphatic carbocycles. The molecule has 1 aliphatic heterocycles. The number of hydrogen-bond donors (Lipinski definition) is 2. The Labute approximate surface area is 149 Å². The van der Waals surface area contributed by atoms with Crippen LogP contribution in [0, 0.1) is 5.41 Å². The minimum Gasteiger partial charge on any atom is -0.379 e. The third-order valence-electron chi connectivity index (χ3n) is 4.17. The van der Waals surface area contributed by atoms with Crippen LogP contribution in [-0.4, -0.2) is 56.1 Å². The number of ether oxygens (including phenoxy) is 1. The quantitative estimate of drug-likeness (QED) is 0.816. The van der Waals surface area contributed by atoms with Gasteiger partial charge in [0.15, 0.2) is 0 Å². The van der Waals surface area contributed by atoms with Gasteiger partial charge >= 0.3 is 0 Å². The maximum atomic E-state index is 12.2. The molecule has 2 amide bonds. The van der Waals surface area contributed by atoms with E-state index in [1.54, 1.807) is 12.1 Å². The highest BCUT2D eigenvalue weighted by atomic mass is 16.5. The minimum atomic E-state index is -0.402. The number of carbonyl (C=O) groups excluding carboxylic acids is 2. The average Bonchev–Trinajstić information content (AvgIpc) is 2.60. The number of amides is 2. The number of nitrogens with one attached hydrogen (secondary N) is 2. The first kappa shape index (κ1) is 19.4. The summed E-state index contributed by atoms with van der Waals surface area (Å²) in [7, 11) is 0. The average molecular weight is 347 g/mol. The van der Waals surface area contributed by atoms with Crippen LogP contribution in [0.15, 0.2) is 24.3 Å². The molecule has 0 unspecified atom stereocenters. The van der Waals surface area contributed by atoms with Gasteiger partial charge in [-0.2, -0.15) is 0 Å². The van der Waals surface area contributed by atoms with Crippen molar-refractivity contribution in [3.63, 3.8) is 0 Å². The first-order chi connectivity index (χ1) is 11.9. The molecule has 0 radical (unpaired) electrons. The molecule has 1 aliphatic rings. The lowest BCUT2D eigenvalue weighted by Crippen LogP contribution is -2.41. The monoisotopic (exact) mass is 347 g/mol. The van der Waals surface area contributed by atoms with Gasteiger partial charge in [-0.25, -0.2) is 0 Å². The van der Waals surface area contributed by atoms with Gasteiger partial charge < -0.3 is 15.4 Å². The number of hydrogen-bond acceptors (Lipinski definition) is 4. The van der Waals surface area contributed by atoms with E-state index in [4.69, 9.17) is 4.74 Å². The molecule has 0 aromatic heterocycles. The number of carbonyl (C=O) groups is 2. The highest BCUT2D eigenvalue weighted by molar-refractivity contribution is 5.94. The Morgan fingerprint density at radius 1 is 1.08 bits per heavy atom. The molecule has 1 heterocycles. The summed E-state index contributed by atoms with van der Waals surface area (Å²) in [4.78, 5) is 26.3. The van der Waals surface area contributed by atoms with Crippen molar-refractivity contribution in [2.45, 2.75) is 27.3 Å². The predicted molar refractivity (Wildman–Crippen MR) is 97.3 cm³/mol. The molecule has 0 bridgehead atoms. The van der Waals surface area contributed by atoms with Crippen LogP contribution in [0.5, 0.6) is 0 Å². The van der Waals surface area contributed by atoms with E-state index >= 15 is 0 Å². The number of nitrogens with zero attached hydrogens (tertiary/aromatic N) is 1. The molecule has 0 saturated carbocycles. The van der Waals surface area contributed by atoms with Crippen LogP contribution in [0.1, 0.15) is 36.7 Å². The summed E-state index contributed by atoms with van der Waals surface area (Å²) in [5.74, 6) is -0.0593. The molecule has 0 atom stereocenters. The van der Waals surface area contributed by atoms with Gasteiger partial charge in [-0.3, -0.25) is 14.5 Å². The summed E-state index contributed by atoms with van der Waals surface area (Å²) in [6.07, 6.45) is 0. The molecule has 0 spiro atoms. The standard InChI is InChI=1S/C19H29N3O3/c1-19(2,3)18(24)21-14-15-4-6-16(7-5-15)17(23)20-8-9-22-10-12-25-13-11-22/h4-7H,8-14H2,1-3H3,(H,20,23)(H,21,24). The second kappa shape index (κ2) is 8.97. The molecule has 1 fully saturated rings. The van der Waals surface area contributed by atoms with E-state index in [-0.39, 0.29) is 11.8 Å². The molecule has 1 saturated heterocycles. The Morgan fingerprint density at radius 3 is 2.32 bits per heavy atom. The van der Waals surface area contributed by atoms with Crippen molar-refractivity contribution in [2.24, 2.45) is 5.41 Å². The molecule has 138 valence electrons. The minimum absolute atomic E-state index is 0.0115. The first-order valence-corrected chi connectivity index (χ1v) is 8.82. The number of benzene rings is 1. The van der Waals surface area contributed by atoms with Crippen LogP contribution < -0.4 is 10.6 Å². The zero-order valence-electron chi connectivity index (χ0n) is 15.4. The zero-order chi connectivity index (χ0) is 18.3. The Kier molecular flexibility index (Phi) is 6.96. The third kappa shape index (κ3) is 6.48. The van der Waals surface area contributed by atoms with E-state index in [9.17, 15) is 9.59 Å². The molecule has 1 aromatic carbocycles. The largest absolute Gasteiger partial charge is 0.379 e. The molecule has 25 heavy (non-hydrogen) atoms. The summed E-state index contributed by atoms with van der Waals surface area (Å²) >= 11 is 0. The summed E-state index contributed by atoms with van der Waals surface area (Å²) in [5.41, 5.74) is 1.20. The Balaban J connectivity index is 1.74. The lowest BCUT2D eigenvalue weighted by Gasteiger charge is -2.26. The van der Waals surface area contributed by atoms with Crippen molar-refractivity contribution in [1.29, 1.82) is 0 Å². The maximum Gasteiger partial charge on any atom is 0.251 e. The van der Waals surface area contributed by atoms with Crippen molar-refractivity contribution in [2.75, 3.05) is 39.4 Å². The van der Waals surface area contributed by atoms with Crippen molar-refractivity contribution in [3.8, 4) is 0 Å². The molecular weight excluding hydrogens is 318 g/mol. The predicted octanol–water partition coefficient (Wildman–Crippen LogP) is 1.41. The van der Waals surface area contributed by atoms with Crippen molar-refractivity contribution >= 4 is 11.8 Å². The van der Waals surface area contributed by atoms with Crippen molar-refractivity contribution in [3.05, 3.63) is 35.4 Å². The molecule has 2 N–H and O–H groups in total. The topological polar surface area (TPSA) is 70.7 Å². The van der Waals surface area contributed by atoms with Crippen LogP contribution >= 0.6 is 0 Å². The fraction of sp³-hybridized carbons (Fsp3) is 0.579. The van der Waals surface area contributed by atoms with E-state index in [1.807, 2.05) is 32.9 Å². The zero-order valence-corrected chi connectivity index (χ0v) is 15.4. The second-order valence-corrected chi connectivity index (χ2v) is 7.34. The second-order valence-electron chi connectivity index (χ2n) is 7.34. The fourth-order valence-corrected chi connectivity index (χ4v) is 2.48. The van der Waals surface area contributed by atoms with E-state index in [0.29, 0.717) is 18.7 Å². The molecule has 1 aromatic rings. The highest BCUT2D eigenvalue weighted by Gasteiger charge is 2.20. The molecule has 2 rings (SSSR count). The van der Waals surface area contributed by atoms with Gasteiger partial charge in [-0.1, -0.05) is 32.9 Å². The van der Waals surface area contributed by atoms with E-state index in [2.05, 4.69) is 15.5 Å². The van der Waals surface area contributed by atoms with Gasteiger partial charge in [0, 0.05) is 43.7 Å². The summed E-state index contributed by atoms with van der Waals surface area (Å²) in [6.45, 7) is 11.0. The number of rotatable bonds is 6. The maximum absolute atomic E-state index is 12.2. The van der Waals surface area contributed by atoms with Crippen molar-refractivity contribution < 1.29 is 14.3 Å². The number of morpholine rings is 1. The third-order valence-corrected chi connectivity index (χ3v) is 4.17. The Hall–Kier alpha value is -1.92. The highest BCUT2D eigenvalue weighted by Crippen LogP contribution is 2.13. The lowest BCUT2D eigenvalue weighted by molar-refractivity contribution is -0.128. The Morgan fingerprint density at radius 2 is 1.72 bits per heavy atom. The van der Waals surface area contributed by atoms with Crippen LogP contribution in [-0.2, 0) is 16.1 Å². The van der Waals surface area contributed by atoms with Gasteiger partial charge in [0.2, 0.25) is 5.91 Å². The van der Waals surface area contributed by atoms with Gasteiger partial charge in [-0.15, -0.1) is 0 Å². The summed E-state index contributed by atoms with van der Waals surface area (Å²) in [5, 5.41) is 5.85. The van der Waals surface area contributed by atoms with Gasteiger partial charge in [0.25, 0.3) is 5.91 Å². The van der Waals surface area contributed by atoms with Gasteiger partial charge in [0.05, 0.1) is 13.2 Å². The SMILES string of the molecule is CC(C)(C)C(=O)NCc1ccc(C(=O)NCCN2CCOCC2)cc1. The van der Waals surface area contributed by atoms with Gasteiger partial charge in [-0.05, 0) is 17.7 Å². The van der Waals surface area contributed by atoms with E-state index in [0.717, 1.165) is 38.4 Å². The van der Waals surface area contributed by atoms with Crippen LogP contribution in [0.25, 0.3) is 0 Å². The normalized spacial score (nSPS) is 15.6. The Bertz CT molecular complexity index is 573. The van der Waals surface area contributed by atoms with Crippen LogP contribution in [0.3, 0.4) is 0 Å². The smallest absolute Gasteiger partial charge is 0.251 e. The first-order valence-electron chi connectivity index (χ1n) is 8.82. The fourth-order valence-electron chi connectivity index (χ4n) is 2.48. The van der Waals surface area contributed by atoms with Crippen LogP contribution in [0.4, 0.5) is 0 Å². The van der Waals surface area contributed by atoms with Gasteiger partial charge in [0.1, 0.15) is 0 Å².